The predicted molar refractivity (Wildman–Crippen MR) is 112 cm³/mol. The number of benzene rings is 2. The summed E-state index contributed by atoms with van der Waals surface area (Å²) in [5, 5.41) is 0.0711. The highest BCUT2D eigenvalue weighted by molar-refractivity contribution is 7.89. The fourth-order valence-corrected chi connectivity index (χ4v) is 4.56. The van der Waals surface area contributed by atoms with E-state index >= 15 is 0 Å². The van der Waals surface area contributed by atoms with Crippen LogP contribution >= 0.6 is 11.6 Å². The second-order valence-electron chi connectivity index (χ2n) is 6.46. The van der Waals surface area contributed by atoms with Crippen LogP contribution in [0.25, 0.3) is 0 Å². The minimum atomic E-state index is -3.75. The summed E-state index contributed by atoms with van der Waals surface area (Å²) in [4.78, 5) is 24.8. The van der Waals surface area contributed by atoms with Crippen molar-refractivity contribution in [3.05, 3.63) is 63.7 Å². The molecule has 2 amide bonds. The van der Waals surface area contributed by atoms with Gasteiger partial charge in [-0.3, -0.25) is 20.4 Å². The van der Waals surface area contributed by atoms with Crippen LogP contribution in [0.2, 0.25) is 5.02 Å². The fraction of sp³-hybridized carbons (Fsp3) is 0.300. The lowest BCUT2D eigenvalue weighted by Crippen LogP contribution is -2.42. The monoisotopic (exact) mass is 437 g/mol. The molecule has 0 atom stereocenters. The Morgan fingerprint density at radius 1 is 0.931 bits per heavy atom. The number of nitrogens with zero attached hydrogens (tertiary/aromatic N) is 1. The van der Waals surface area contributed by atoms with Gasteiger partial charge < -0.3 is 0 Å². The number of hydrazine groups is 1. The molecule has 2 aromatic rings. The van der Waals surface area contributed by atoms with Gasteiger partial charge in [-0.2, -0.15) is 4.31 Å². The van der Waals surface area contributed by atoms with E-state index in [9.17, 15) is 18.0 Å². The van der Waals surface area contributed by atoms with Crippen molar-refractivity contribution in [1.82, 2.24) is 15.2 Å². The number of nitrogens with one attached hydrogen (secondary N) is 2. The Morgan fingerprint density at radius 2 is 1.52 bits per heavy atom. The summed E-state index contributed by atoms with van der Waals surface area (Å²) in [5.74, 6) is -1.20. The highest BCUT2D eigenvalue weighted by Gasteiger charge is 2.24. The van der Waals surface area contributed by atoms with Gasteiger partial charge in [-0.25, -0.2) is 8.42 Å². The molecule has 0 unspecified atom stereocenters. The predicted octanol–water partition coefficient (Wildman–Crippen LogP) is 3.06. The highest BCUT2D eigenvalue weighted by atomic mass is 35.5. The molecule has 156 valence electrons. The Labute approximate surface area is 176 Å². The van der Waals surface area contributed by atoms with Crippen LogP contribution in [0, 0.1) is 13.8 Å². The number of halogens is 1. The van der Waals surface area contributed by atoms with Gasteiger partial charge in [-0.05, 0) is 43.7 Å². The van der Waals surface area contributed by atoms with Gasteiger partial charge in [-0.15, -0.1) is 0 Å². The normalized spacial score (nSPS) is 11.4. The maximum Gasteiger partial charge on any atom is 0.271 e. The van der Waals surface area contributed by atoms with E-state index in [0.29, 0.717) is 18.7 Å². The lowest BCUT2D eigenvalue weighted by atomic mass is 10.1. The minimum Gasteiger partial charge on any atom is -0.267 e. The molecule has 0 spiro atoms. The van der Waals surface area contributed by atoms with Crippen LogP contribution in [0.5, 0.6) is 0 Å². The molecule has 0 aliphatic rings. The molecule has 0 bridgehead atoms. The highest BCUT2D eigenvalue weighted by Crippen LogP contribution is 2.23. The summed E-state index contributed by atoms with van der Waals surface area (Å²) in [6, 6.07) is 9.21. The van der Waals surface area contributed by atoms with E-state index in [1.165, 1.54) is 22.5 Å². The third-order valence-electron chi connectivity index (χ3n) is 4.44. The Hall–Kier alpha value is -2.42. The van der Waals surface area contributed by atoms with Gasteiger partial charge >= 0.3 is 0 Å². The van der Waals surface area contributed by atoms with Crippen LogP contribution in [-0.2, 0) is 10.0 Å². The summed E-state index contributed by atoms with van der Waals surface area (Å²) < 4.78 is 26.6. The van der Waals surface area contributed by atoms with Crippen LogP contribution in [0.3, 0.4) is 0 Å². The number of sulfonamides is 1. The molecular formula is C20H24ClN3O4S. The lowest BCUT2D eigenvalue weighted by Gasteiger charge is -2.19. The van der Waals surface area contributed by atoms with Gasteiger partial charge in [0.1, 0.15) is 0 Å². The third-order valence-corrected chi connectivity index (χ3v) is 6.82. The Morgan fingerprint density at radius 3 is 2.07 bits per heavy atom. The van der Waals surface area contributed by atoms with Gasteiger partial charge in [-0.1, -0.05) is 43.1 Å². The number of hydrogen-bond acceptors (Lipinski definition) is 4. The number of carbonyl (C=O) groups is 2. The fourth-order valence-electron chi connectivity index (χ4n) is 2.87. The van der Waals surface area contributed by atoms with E-state index in [0.717, 1.165) is 11.1 Å². The maximum atomic E-state index is 12.7. The molecule has 2 aromatic carbocycles. The lowest BCUT2D eigenvalue weighted by molar-refractivity contribution is 0.0846. The largest absolute Gasteiger partial charge is 0.271 e. The van der Waals surface area contributed by atoms with Crippen molar-refractivity contribution >= 4 is 33.4 Å². The van der Waals surface area contributed by atoms with Crippen molar-refractivity contribution in [2.75, 3.05) is 13.1 Å². The number of hydrogen-bond donors (Lipinski definition) is 2. The first-order valence-electron chi connectivity index (χ1n) is 9.09. The average Bonchev–Trinajstić information content (AvgIpc) is 2.66. The van der Waals surface area contributed by atoms with E-state index in [2.05, 4.69) is 10.9 Å². The molecule has 0 saturated heterocycles. The standard InChI is InChI=1S/C20H24ClN3O4S/c1-5-24(6-2)29(27,28)15-8-10-18(21)17(12-15)20(26)23-22-19(25)16-9-7-13(3)11-14(16)4/h7-12H,5-6H2,1-4H3,(H,22,25)(H,23,26). The third kappa shape index (κ3) is 5.14. The first-order chi connectivity index (χ1) is 13.6. The SMILES string of the molecule is CCN(CC)S(=O)(=O)c1ccc(Cl)c(C(=O)NNC(=O)c2ccc(C)cc2C)c1. The van der Waals surface area contributed by atoms with Gasteiger partial charge in [0.2, 0.25) is 10.0 Å². The molecule has 2 rings (SSSR count). The van der Waals surface area contributed by atoms with Crippen LogP contribution < -0.4 is 10.9 Å². The van der Waals surface area contributed by atoms with E-state index in [4.69, 9.17) is 11.6 Å². The van der Waals surface area contributed by atoms with Crippen molar-refractivity contribution in [2.45, 2.75) is 32.6 Å². The summed E-state index contributed by atoms with van der Waals surface area (Å²) in [5.41, 5.74) is 6.76. The molecule has 29 heavy (non-hydrogen) atoms. The molecule has 0 aliphatic heterocycles. The zero-order chi connectivity index (χ0) is 21.8. The van der Waals surface area contributed by atoms with Gasteiger partial charge in [0, 0.05) is 18.7 Å². The minimum absolute atomic E-state index is 0.0449. The summed E-state index contributed by atoms with van der Waals surface area (Å²) >= 11 is 6.08. The molecule has 0 aliphatic carbocycles. The smallest absolute Gasteiger partial charge is 0.267 e. The van der Waals surface area contributed by atoms with Crippen molar-refractivity contribution in [3.8, 4) is 0 Å². The summed E-state index contributed by atoms with van der Waals surface area (Å²) in [6.07, 6.45) is 0. The molecule has 9 heteroatoms. The van der Waals surface area contributed by atoms with Crippen LogP contribution in [0.15, 0.2) is 41.3 Å². The van der Waals surface area contributed by atoms with Gasteiger partial charge in [0.05, 0.1) is 15.5 Å². The first kappa shape index (κ1) is 22.9. The van der Waals surface area contributed by atoms with Gasteiger partial charge in [0.25, 0.3) is 11.8 Å². The second kappa shape index (κ2) is 9.39. The Balaban J connectivity index is 2.22. The number of aryl methyl sites for hydroxylation is 2. The van der Waals surface area contributed by atoms with E-state index in [1.807, 2.05) is 13.0 Å². The zero-order valence-corrected chi connectivity index (χ0v) is 18.3. The molecular weight excluding hydrogens is 414 g/mol. The number of carbonyl (C=O) groups excluding carboxylic acids is 2. The zero-order valence-electron chi connectivity index (χ0n) is 16.7. The number of amides is 2. The van der Waals surface area contributed by atoms with E-state index < -0.39 is 21.8 Å². The van der Waals surface area contributed by atoms with Crippen molar-refractivity contribution in [1.29, 1.82) is 0 Å². The molecule has 0 fully saturated rings. The maximum absolute atomic E-state index is 12.7. The number of rotatable bonds is 6. The van der Waals surface area contributed by atoms with Crippen LogP contribution in [-0.4, -0.2) is 37.6 Å². The topological polar surface area (TPSA) is 95.6 Å². The van der Waals surface area contributed by atoms with Crippen molar-refractivity contribution in [3.63, 3.8) is 0 Å². The molecule has 0 aromatic heterocycles. The van der Waals surface area contributed by atoms with E-state index in [-0.39, 0.29) is 15.5 Å². The summed E-state index contributed by atoms with van der Waals surface area (Å²) in [7, 11) is -3.75. The van der Waals surface area contributed by atoms with Crippen LogP contribution in [0.1, 0.15) is 45.7 Å². The van der Waals surface area contributed by atoms with Crippen LogP contribution in [0.4, 0.5) is 0 Å². The molecule has 0 heterocycles. The Kier molecular flexibility index (Phi) is 7.40. The molecule has 0 saturated carbocycles. The first-order valence-corrected chi connectivity index (χ1v) is 10.9. The molecule has 2 N–H and O–H groups in total. The molecule has 0 radical (unpaired) electrons. The van der Waals surface area contributed by atoms with Crippen molar-refractivity contribution in [2.24, 2.45) is 0 Å². The second-order valence-corrected chi connectivity index (χ2v) is 8.80. The summed E-state index contributed by atoms with van der Waals surface area (Å²) in [6.45, 7) is 7.77. The molecule has 7 nitrogen and oxygen atoms in total. The Bertz CT molecular complexity index is 1030. The quantitative estimate of drug-likeness (QED) is 0.679. The van der Waals surface area contributed by atoms with Crippen molar-refractivity contribution < 1.29 is 18.0 Å². The average molecular weight is 438 g/mol. The van der Waals surface area contributed by atoms with E-state index in [1.54, 1.807) is 32.9 Å². The van der Waals surface area contributed by atoms with Gasteiger partial charge in [0.15, 0.2) is 0 Å².